The smallest absolute Gasteiger partial charge is 0.341 e. The second kappa shape index (κ2) is 8.37. The van der Waals surface area contributed by atoms with Crippen molar-refractivity contribution in [1.29, 1.82) is 0 Å². The Kier molecular flexibility index (Phi) is 5.67. The Morgan fingerprint density at radius 1 is 1.17 bits per heavy atom. The number of carbonyl (C=O) groups excluding carboxylic acids is 2. The predicted octanol–water partition coefficient (Wildman–Crippen LogP) is 5.38. The van der Waals surface area contributed by atoms with E-state index in [1.54, 1.807) is 6.92 Å². The Labute approximate surface area is 174 Å². The van der Waals surface area contributed by atoms with Crippen LogP contribution in [0.2, 0.25) is 0 Å². The molecule has 1 aromatic heterocycles. The number of hydrogen-bond acceptors (Lipinski definition) is 4. The molecule has 1 aliphatic carbocycles. The van der Waals surface area contributed by atoms with E-state index in [4.69, 9.17) is 4.74 Å². The summed E-state index contributed by atoms with van der Waals surface area (Å²) in [6, 6.07) is 14.1. The number of fused-ring (bicyclic) bond motifs is 2. The molecule has 0 aliphatic heterocycles. The van der Waals surface area contributed by atoms with Crippen molar-refractivity contribution in [3.8, 4) is 0 Å². The molecule has 1 atom stereocenters. The van der Waals surface area contributed by atoms with Crippen LogP contribution in [-0.4, -0.2) is 18.5 Å². The largest absolute Gasteiger partial charge is 0.462 e. The first-order chi connectivity index (χ1) is 14.1. The average Bonchev–Trinajstić information content (AvgIpc) is 3.05. The number of nitrogens with one attached hydrogen (secondary N) is 1. The van der Waals surface area contributed by atoms with Crippen molar-refractivity contribution < 1.29 is 14.3 Å². The van der Waals surface area contributed by atoms with E-state index >= 15 is 0 Å². The zero-order valence-electron chi connectivity index (χ0n) is 16.8. The normalized spacial score (nSPS) is 15.7. The van der Waals surface area contributed by atoms with Gasteiger partial charge in [-0.2, -0.15) is 0 Å². The minimum atomic E-state index is -0.333. The van der Waals surface area contributed by atoms with E-state index in [2.05, 4.69) is 12.2 Å². The Morgan fingerprint density at radius 3 is 2.79 bits per heavy atom. The third-order valence-electron chi connectivity index (χ3n) is 5.48. The van der Waals surface area contributed by atoms with Crippen molar-refractivity contribution in [1.82, 2.24) is 0 Å². The first kappa shape index (κ1) is 19.6. The Hall–Kier alpha value is -2.66. The second-order valence-electron chi connectivity index (χ2n) is 7.64. The molecule has 1 amide bonds. The molecule has 0 radical (unpaired) electrons. The summed E-state index contributed by atoms with van der Waals surface area (Å²) >= 11 is 1.53. The van der Waals surface area contributed by atoms with E-state index in [1.165, 1.54) is 16.2 Å². The molecule has 0 fully saturated rings. The Balaban J connectivity index is 1.61. The van der Waals surface area contributed by atoms with Crippen LogP contribution in [0.1, 0.15) is 46.6 Å². The Morgan fingerprint density at radius 2 is 1.97 bits per heavy atom. The monoisotopic (exact) mass is 407 g/mol. The molecule has 4 nitrogen and oxygen atoms in total. The van der Waals surface area contributed by atoms with Gasteiger partial charge in [0.25, 0.3) is 0 Å². The van der Waals surface area contributed by atoms with E-state index in [9.17, 15) is 9.59 Å². The van der Waals surface area contributed by atoms with Crippen molar-refractivity contribution in [2.45, 2.75) is 39.5 Å². The zero-order chi connectivity index (χ0) is 20.4. The number of hydrogen-bond donors (Lipinski definition) is 1. The Bertz CT molecular complexity index is 1060. The van der Waals surface area contributed by atoms with Gasteiger partial charge in [0, 0.05) is 4.88 Å². The summed E-state index contributed by atoms with van der Waals surface area (Å²) in [6.45, 7) is 4.35. The molecule has 4 rings (SSSR count). The summed E-state index contributed by atoms with van der Waals surface area (Å²) in [5.41, 5.74) is 2.60. The molecule has 1 aliphatic rings. The van der Waals surface area contributed by atoms with E-state index in [0.29, 0.717) is 23.1 Å². The lowest BCUT2D eigenvalue weighted by atomic mass is 9.88. The van der Waals surface area contributed by atoms with Crippen molar-refractivity contribution in [2.75, 3.05) is 11.9 Å². The van der Waals surface area contributed by atoms with Crippen molar-refractivity contribution in [3.05, 3.63) is 64.0 Å². The minimum absolute atomic E-state index is 0.112. The quantitative estimate of drug-likeness (QED) is 0.578. The fraction of sp³-hybridized carbons (Fsp3) is 0.333. The van der Waals surface area contributed by atoms with Crippen LogP contribution in [0.25, 0.3) is 10.8 Å². The fourth-order valence-corrected chi connectivity index (χ4v) is 5.46. The number of anilines is 1. The number of carbonyl (C=O) groups is 2. The summed E-state index contributed by atoms with van der Waals surface area (Å²) in [5.74, 6) is 0.147. The topological polar surface area (TPSA) is 55.4 Å². The molecule has 1 heterocycles. The molecule has 2 aromatic carbocycles. The molecule has 150 valence electrons. The van der Waals surface area contributed by atoms with Gasteiger partial charge in [0.1, 0.15) is 5.00 Å². The second-order valence-corrected chi connectivity index (χ2v) is 8.74. The van der Waals surface area contributed by atoms with E-state index in [-0.39, 0.29) is 18.3 Å². The summed E-state index contributed by atoms with van der Waals surface area (Å²) in [7, 11) is 0. The van der Waals surface area contributed by atoms with Gasteiger partial charge < -0.3 is 10.1 Å². The fourth-order valence-electron chi connectivity index (χ4n) is 4.05. The molecule has 29 heavy (non-hydrogen) atoms. The SMILES string of the molecule is CCOC(=O)c1c(NC(=O)Cc2cccc3ccccc23)sc2c1CCC(C)C2. The highest BCUT2D eigenvalue weighted by Crippen LogP contribution is 2.40. The summed E-state index contributed by atoms with van der Waals surface area (Å²) in [5, 5.41) is 5.84. The molecule has 1 unspecified atom stereocenters. The third-order valence-corrected chi connectivity index (χ3v) is 6.64. The molecular weight excluding hydrogens is 382 g/mol. The van der Waals surface area contributed by atoms with E-state index in [1.807, 2.05) is 42.5 Å². The maximum absolute atomic E-state index is 12.9. The third kappa shape index (κ3) is 4.06. The van der Waals surface area contributed by atoms with Crippen LogP contribution in [0, 0.1) is 5.92 Å². The van der Waals surface area contributed by atoms with Gasteiger partial charge in [-0.25, -0.2) is 4.79 Å². The lowest BCUT2D eigenvalue weighted by Crippen LogP contribution is -2.18. The van der Waals surface area contributed by atoms with Gasteiger partial charge in [-0.3, -0.25) is 4.79 Å². The van der Waals surface area contributed by atoms with Crippen LogP contribution in [0.3, 0.4) is 0 Å². The van der Waals surface area contributed by atoms with Gasteiger partial charge >= 0.3 is 5.97 Å². The van der Waals surface area contributed by atoms with Gasteiger partial charge in [-0.15, -0.1) is 11.3 Å². The average molecular weight is 408 g/mol. The van der Waals surface area contributed by atoms with Gasteiger partial charge in [0.2, 0.25) is 5.91 Å². The first-order valence-electron chi connectivity index (χ1n) is 10.1. The van der Waals surface area contributed by atoms with Crippen LogP contribution in [0.4, 0.5) is 5.00 Å². The first-order valence-corrected chi connectivity index (χ1v) is 11.0. The molecular formula is C24H25NO3S. The van der Waals surface area contributed by atoms with E-state index < -0.39 is 0 Å². The van der Waals surface area contributed by atoms with Crippen LogP contribution in [0.5, 0.6) is 0 Å². The molecule has 0 saturated heterocycles. The molecule has 0 saturated carbocycles. The summed E-state index contributed by atoms with van der Waals surface area (Å²) < 4.78 is 5.29. The lowest BCUT2D eigenvalue weighted by Gasteiger charge is -2.18. The van der Waals surface area contributed by atoms with Crippen LogP contribution in [-0.2, 0) is 28.8 Å². The standard InChI is InChI=1S/C24H25NO3S/c1-3-28-24(27)22-19-12-11-15(2)13-20(19)29-23(22)25-21(26)14-17-9-6-8-16-7-4-5-10-18(16)17/h4-10,15H,3,11-14H2,1-2H3,(H,25,26). The van der Waals surface area contributed by atoms with Crippen LogP contribution < -0.4 is 5.32 Å². The van der Waals surface area contributed by atoms with Crippen LogP contribution >= 0.6 is 11.3 Å². The number of thiophene rings is 1. The minimum Gasteiger partial charge on any atom is -0.462 e. The van der Waals surface area contributed by atoms with Gasteiger partial charge in [-0.1, -0.05) is 49.4 Å². The number of benzene rings is 2. The maximum atomic E-state index is 12.9. The number of amides is 1. The zero-order valence-corrected chi connectivity index (χ0v) is 17.6. The number of esters is 1. The highest BCUT2D eigenvalue weighted by molar-refractivity contribution is 7.17. The van der Waals surface area contributed by atoms with Gasteiger partial charge in [0.15, 0.2) is 0 Å². The molecule has 1 N–H and O–H groups in total. The maximum Gasteiger partial charge on any atom is 0.341 e. The van der Waals surface area contributed by atoms with E-state index in [0.717, 1.165) is 41.2 Å². The number of ether oxygens (including phenoxy) is 1. The summed E-state index contributed by atoms with van der Waals surface area (Å²) in [6.07, 6.45) is 3.13. The van der Waals surface area contributed by atoms with Gasteiger partial charge in [0.05, 0.1) is 18.6 Å². The number of rotatable bonds is 5. The molecule has 5 heteroatoms. The van der Waals surface area contributed by atoms with Crippen molar-refractivity contribution in [2.24, 2.45) is 5.92 Å². The predicted molar refractivity (Wildman–Crippen MR) is 118 cm³/mol. The lowest BCUT2D eigenvalue weighted by molar-refractivity contribution is -0.115. The highest BCUT2D eigenvalue weighted by atomic mass is 32.1. The van der Waals surface area contributed by atoms with Crippen molar-refractivity contribution in [3.63, 3.8) is 0 Å². The van der Waals surface area contributed by atoms with Crippen molar-refractivity contribution >= 4 is 39.0 Å². The molecule has 0 bridgehead atoms. The van der Waals surface area contributed by atoms with Crippen LogP contribution in [0.15, 0.2) is 42.5 Å². The molecule has 0 spiro atoms. The van der Waals surface area contributed by atoms with Gasteiger partial charge in [-0.05, 0) is 54.0 Å². The summed E-state index contributed by atoms with van der Waals surface area (Å²) in [4.78, 5) is 26.7. The molecule has 3 aromatic rings. The highest BCUT2D eigenvalue weighted by Gasteiger charge is 2.29.